The molecule has 1 fully saturated rings. The van der Waals surface area contributed by atoms with Crippen LogP contribution >= 0.6 is 11.6 Å². The number of anilines is 4. The van der Waals surface area contributed by atoms with Crippen LogP contribution in [0.4, 0.5) is 27.9 Å². The largest absolute Gasteiger partial charge is 0.497 e. The fourth-order valence-corrected chi connectivity index (χ4v) is 5.66. The molecule has 2 atom stereocenters. The van der Waals surface area contributed by atoms with Crippen molar-refractivity contribution in [1.82, 2.24) is 24.9 Å². The molecule has 250 valence electrons. The molecular formula is C33H37ClN10O4. The monoisotopic (exact) mass is 672 g/mol. The van der Waals surface area contributed by atoms with Crippen molar-refractivity contribution in [2.24, 2.45) is 0 Å². The van der Waals surface area contributed by atoms with Crippen molar-refractivity contribution < 1.29 is 19.4 Å². The fourth-order valence-electron chi connectivity index (χ4n) is 5.39. The molecule has 0 spiro atoms. The summed E-state index contributed by atoms with van der Waals surface area (Å²) in [6, 6.07) is 14.7. The molecular weight excluding hydrogens is 636 g/mol. The van der Waals surface area contributed by atoms with E-state index in [2.05, 4.69) is 32.9 Å². The first kappa shape index (κ1) is 34.0. The number of piperidine rings is 1. The SMILES string of the molecule is CCN(Cc1ccc(OC)cc1)c1nc(Nc2cc(C#N)cc(N3CC[C@@H](NC(=O)OC(C)(C)C)[C@H](O)C3)c2Cl)nn2c(C#N)cnc12. The minimum atomic E-state index is -0.922. The van der Waals surface area contributed by atoms with Gasteiger partial charge in [0.1, 0.15) is 17.4 Å². The number of carbonyl (C=O) groups excluding carboxylic acids is 1. The number of hydrogen-bond acceptors (Lipinski definition) is 12. The van der Waals surface area contributed by atoms with E-state index < -0.39 is 23.8 Å². The second-order valence-corrected chi connectivity index (χ2v) is 12.6. The number of nitriles is 2. The highest BCUT2D eigenvalue weighted by Gasteiger charge is 2.32. The topological polar surface area (TPSA) is 177 Å². The van der Waals surface area contributed by atoms with Crippen LogP contribution in [0.5, 0.6) is 5.75 Å². The molecule has 4 aromatic rings. The Kier molecular flexibility index (Phi) is 10.1. The lowest BCUT2D eigenvalue weighted by Gasteiger charge is -2.38. The van der Waals surface area contributed by atoms with Gasteiger partial charge in [0, 0.05) is 26.2 Å². The number of carbonyl (C=O) groups is 1. The number of hydrogen-bond donors (Lipinski definition) is 3. The number of nitrogens with zero attached hydrogens (tertiary/aromatic N) is 8. The highest BCUT2D eigenvalue weighted by atomic mass is 35.5. The summed E-state index contributed by atoms with van der Waals surface area (Å²) in [6.07, 6.45) is 0.328. The predicted octanol–water partition coefficient (Wildman–Crippen LogP) is 4.76. The molecule has 0 saturated carbocycles. The smallest absolute Gasteiger partial charge is 0.407 e. The van der Waals surface area contributed by atoms with Crippen molar-refractivity contribution in [3.05, 3.63) is 64.4 Å². The lowest BCUT2D eigenvalue weighted by molar-refractivity contribution is 0.0402. The molecule has 2 aromatic heterocycles. The summed E-state index contributed by atoms with van der Waals surface area (Å²) in [5, 5.41) is 41.3. The second kappa shape index (κ2) is 14.2. The number of nitrogens with one attached hydrogen (secondary N) is 2. The van der Waals surface area contributed by atoms with E-state index in [0.29, 0.717) is 54.5 Å². The van der Waals surface area contributed by atoms with E-state index in [4.69, 9.17) is 26.1 Å². The lowest BCUT2D eigenvalue weighted by Crippen LogP contribution is -2.54. The van der Waals surface area contributed by atoms with E-state index in [1.54, 1.807) is 40.0 Å². The Morgan fingerprint density at radius 2 is 1.96 bits per heavy atom. The first-order chi connectivity index (χ1) is 22.9. The summed E-state index contributed by atoms with van der Waals surface area (Å²) in [5.41, 5.74) is 2.15. The number of aliphatic hydroxyl groups is 1. The van der Waals surface area contributed by atoms with Crippen molar-refractivity contribution in [1.29, 1.82) is 10.5 Å². The molecule has 0 bridgehead atoms. The van der Waals surface area contributed by atoms with Crippen LogP contribution in [0.1, 0.15) is 50.9 Å². The first-order valence-corrected chi connectivity index (χ1v) is 15.8. The number of β-amino-alcohol motifs (C(OH)–C–C–N with tert-alkyl or cyclic N) is 1. The van der Waals surface area contributed by atoms with Gasteiger partial charge in [-0.3, -0.25) is 0 Å². The van der Waals surface area contributed by atoms with Gasteiger partial charge in [0.15, 0.2) is 17.2 Å². The van der Waals surface area contributed by atoms with Crippen LogP contribution in [0.15, 0.2) is 42.6 Å². The van der Waals surface area contributed by atoms with Gasteiger partial charge in [0.2, 0.25) is 5.95 Å². The number of amides is 1. The highest BCUT2D eigenvalue weighted by molar-refractivity contribution is 6.36. The maximum absolute atomic E-state index is 12.3. The van der Waals surface area contributed by atoms with E-state index in [-0.39, 0.29) is 23.2 Å². The Morgan fingerprint density at radius 3 is 2.58 bits per heavy atom. The standard InChI is InChI=1S/C33H37ClN10O4/c1-6-42(18-20-7-9-23(47-5)10-8-20)30-29-37-17-22(16-36)44(29)41-31(40-30)38-25-13-21(15-35)14-26(28(25)34)43-12-11-24(27(45)19-43)39-32(46)48-33(2,3)4/h7-10,13-14,17,24,27,45H,6,11-12,18-19H2,1-5H3,(H,38,41)(H,39,46)/t24-,27-/m1/s1. The average Bonchev–Trinajstić information content (AvgIpc) is 3.47. The van der Waals surface area contributed by atoms with Crippen molar-refractivity contribution >= 4 is 46.5 Å². The lowest BCUT2D eigenvalue weighted by atomic mass is 10.0. The van der Waals surface area contributed by atoms with Crippen LogP contribution in [-0.2, 0) is 11.3 Å². The quantitative estimate of drug-likeness (QED) is 0.222. The molecule has 0 unspecified atom stereocenters. The second-order valence-electron chi connectivity index (χ2n) is 12.3. The Balaban J connectivity index is 1.44. The van der Waals surface area contributed by atoms with E-state index >= 15 is 0 Å². The van der Waals surface area contributed by atoms with Gasteiger partial charge in [-0.2, -0.15) is 20.0 Å². The molecule has 14 nitrogen and oxygen atoms in total. The number of alkyl carbamates (subject to hydrolysis) is 1. The van der Waals surface area contributed by atoms with Crippen molar-refractivity contribution in [2.75, 3.05) is 41.9 Å². The molecule has 1 aliphatic heterocycles. The molecule has 3 heterocycles. The van der Waals surface area contributed by atoms with E-state index in [9.17, 15) is 20.4 Å². The Morgan fingerprint density at radius 1 is 1.21 bits per heavy atom. The summed E-state index contributed by atoms with van der Waals surface area (Å²) >= 11 is 6.95. The third-order valence-electron chi connectivity index (χ3n) is 7.73. The highest BCUT2D eigenvalue weighted by Crippen LogP contribution is 2.37. The summed E-state index contributed by atoms with van der Waals surface area (Å²) in [6.45, 7) is 8.96. The number of imidazole rings is 1. The van der Waals surface area contributed by atoms with E-state index in [1.165, 1.54) is 10.7 Å². The van der Waals surface area contributed by atoms with Gasteiger partial charge in [-0.15, -0.1) is 5.10 Å². The first-order valence-electron chi connectivity index (χ1n) is 15.4. The summed E-state index contributed by atoms with van der Waals surface area (Å²) < 4.78 is 12.1. The molecule has 2 aromatic carbocycles. The Bertz CT molecular complexity index is 1880. The number of ether oxygens (including phenoxy) is 2. The van der Waals surface area contributed by atoms with E-state index in [0.717, 1.165) is 11.3 Å². The summed E-state index contributed by atoms with van der Waals surface area (Å²) in [5.74, 6) is 1.36. The Hall–Kier alpha value is -5.31. The van der Waals surface area contributed by atoms with Crippen LogP contribution in [0.3, 0.4) is 0 Å². The van der Waals surface area contributed by atoms with Crippen LogP contribution in [-0.4, -0.2) is 75.3 Å². The summed E-state index contributed by atoms with van der Waals surface area (Å²) in [7, 11) is 1.61. The van der Waals surface area contributed by atoms with Gasteiger partial charge in [0.25, 0.3) is 0 Å². The molecule has 3 N–H and O–H groups in total. The van der Waals surface area contributed by atoms with Crippen molar-refractivity contribution in [3.63, 3.8) is 0 Å². The van der Waals surface area contributed by atoms with Crippen molar-refractivity contribution in [3.8, 4) is 17.9 Å². The number of fused-ring (bicyclic) bond motifs is 1. The zero-order chi connectivity index (χ0) is 34.6. The maximum atomic E-state index is 12.3. The minimum absolute atomic E-state index is 0.128. The van der Waals surface area contributed by atoms with Crippen LogP contribution < -0.4 is 25.2 Å². The number of benzene rings is 2. The zero-order valence-corrected chi connectivity index (χ0v) is 28.1. The van der Waals surface area contributed by atoms with Crippen molar-refractivity contribution in [2.45, 2.75) is 58.4 Å². The third-order valence-corrected chi connectivity index (χ3v) is 8.12. The number of aromatic nitrogens is 4. The predicted molar refractivity (Wildman–Crippen MR) is 181 cm³/mol. The van der Waals surface area contributed by atoms with Gasteiger partial charge in [0.05, 0.1) is 53.5 Å². The molecule has 1 aliphatic rings. The van der Waals surface area contributed by atoms with Gasteiger partial charge < -0.3 is 35.0 Å². The molecule has 1 amide bonds. The minimum Gasteiger partial charge on any atom is -0.497 e. The molecule has 15 heteroatoms. The maximum Gasteiger partial charge on any atom is 0.407 e. The van der Waals surface area contributed by atoms with E-state index in [1.807, 2.05) is 41.0 Å². The van der Waals surface area contributed by atoms with Crippen LogP contribution in [0.2, 0.25) is 5.02 Å². The molecule has 48 heavy (non-hydrogen) atoms. The van der Waals surface area contributed by atoms with Gasteiger partial charge in [-0.05, 0) is 63.9 Å². The fraction of sp³-hybridized carbons (Fsp3) is 0.394. The molecule has 0 aliphatic carbocycles. The number of halogens is 1. The number of aliphatic hydroxyl groups excluding tert-OH is 1. The van der Waals surface area contributed by atoms with Gasteiger partial charge in [-0.1, -0.05) is 23.7 Å². The van der Waals surface area contributed by atoms with Crippen LogP contribution in [0, 0.1) is 22.7 Å². The molecule has 1 saturated heterocycles. The number of rotatable bonds is 9. The van der Waals surface area contributed by atoms with Crippen LogP contribution in [0.25, 0.3) is 5.65 Å². The normalized spacial score (nSPS) is 16.1. The molecule has 0 radical (unpaired) electrons. The summed E-state index contributed by atoms with van der Waals surface area (Å²) in [4.78, 5) is 25.4. The Labute approximate surface area is 283 Å². The van der Waals surface area contributed by atoms with Gasteiger partial charge >= 0.3 is 6.09 Å². The molecule has 5 rings (SSSR count). The average molecular weight is 673 g/mol. The van der Waals surface area contributed by atoms with Gasteiger partial charge in [-0.25, -0.2) is 9.78 Å². The zero-order valence-electron chi connectivity index (χ0n) is 27.4. The third kappa shape index (κ3) is 7.62. The number of methoxy groups -OCH3 is 1.